The van der Waals surface area contributed by atoms with E-state index in [4.69, 9.17) is 6.57 Å². The zero-order chi connectivity index (χ0) is 7.68. The Morgan fingerprint density at radius 1 is 1.18 bits per heavy atom. The van der Waals surface area contributed by atoms with E-state index in [1.54, 1.807) is 12.1 Å². The second-order valence-electron chi connectivity index (χ2n) is 2.31. The number of hydrogen-bond acceptors (Lipinski definition) is 2. The molecule has 1 aromatic carbocycles. The van der Waals surface area contributed by atoms with E-state index >= 15 is 0 Å². The summed E-state index contributed by atoms with van der Waals surface area (Å²) < 4.78 is 0. The van der Waals surface area contributed by atoms with Gasteiger partial charge in [0.05, 0.1) is 6.57 Å². The molecular formula is C8H5N3. The molecule has 3 heteroatoms. The molecule has 0 bridgehead atoms. The van der Waals surface area contributed by atoms with Gasteiger partial charge in [0.15, 0.2) is 5.69 Å². The summed E-state index contributed by atoms with van der Waals surface area (Å²) in [7, 11) is 0. The Morgan fingerprint density at radius 3 is 2.27 bits per heavy atom. The fourth-order valence-electron chi connectivity index (χ4n) is 0.888. The minimum absolute atomic E-state index is 0.0507. The first-order chi connectivity index (χ1) is 5.40. The van der Waals surface area contributed by atoms with Crippen molar-refractivity contribution in [3.05, 3.63) is 41.2 Å². The van der Waals surface area contributed by atoms with Crippen LogP contribution in [0, 0.1) is 6.57 Å². The minimum atomic E-state index is 0.0507. The Balaban J connectivity index is 2.28. The number of hydrogen-bond donors (Lipinski definition) is 0. The number of benzene rings is 1. The molecule has 0 aliphatic carbocycles. The van der Waals surface area contributed by atoms with Gasteiger partial charge in [-0.3, -0.25) is 0 Å². The summed E-state index contributed by atoms with van der Waals surface area (Å²) in [5.74, 6) is 0. The zero-order valence-electron chi connectivity index (χ0n) is 5.73. The van der Waals surface area contributed by atoms with Gasteiger partial charge < -0.3 is 0 Å². The smallest absolute Gasteiger partial charge is 0.205 e. The third-order valence-corrected chi connectivity index (χ3v) is 1.55. The van der Waals surface area contributed by atoms with Gasteiger partial charge in [0.1, 0.15) is 0 Å². The van der Waals surface area contributed by atoms with Crippen LogP contribution in [0.15, 0.2) is 34.5 Å². The van der Waals surface area contributed by atoms with Crippen molar-refractivity contribution in [2.24, 2.45) is 10.2 Å². The van der Waals surface area contributed by atoms with E-state index in [1.807, 2.05) is 12.1 Å². The number of nitrogens with zero attached hydrogens (tertiary/aromatic N) is 3. The highest BCUT2D eigenvalue weighted by Crippen LogP contribution is 2.31. The average Bonchev–Trinajstić information content (AvgIpc) is 2.87. The second-order valence-corrected chi connectivity index (χ2v) is 2.31. The van der Waals surface area contributed by atoms with Crippen molar-refractivity contribution < 1.29 is 0 Å². The fourth-order valence-corrected chi connectivity index (χ4v) is 0.888. The summed E-state index contributed by atoms with van der Waals surface area (Å²) in [6, 6.07) is 7.34. The second kappa shape index (κ2) is 2.17. The third kappa shape index (κ3) is 1.10. The predicted octanol–water partition coefficient (Wildman–Crippen LogP) is 2.70. The summed E-state index contributed by atoms with van der Waals surface area (Å²) in [6.45, 7) is 6.72. The normalized spacial score (nSPS) is 14.5. The van der Waals surface area contributed by atoms with Crippen LogP contribution in [0.4, 0.5) is 5.69 Å². The zero-order valence-corrected chi connectivity index (χ0v) is 5.73. The van der Waals surface area contributed by atoms with Crippen molar-refractivity contribution in [3.63, 3.8) is 0 Å². The van der Waals surface area contributed by atoms with Gasteiger partial charge >= 0.3 is 0 Å². The molecule has 0 aromatic heterocycles. The highest BCUT2D eigenvalue weighted by molar-refractivity contribution is 5.46. The van der Waals surface area contributed by atoms with Crippen LogP contribution < -0.4 is 0 Å². The Kier molecular flexibility index (Phi) is 1.19. The first kappa shape index (κ1) is 6.05. The summed E-state index contributed by atoms with van der Waals surface area (Å²) in [5.41, 5.74) is 1.73. The van der Waals surface area contributed by atoms with Crippen LogP contribution in [0.5, 0.6) is 0 Å². The molecule has 1 heterocycles. The van der Waals surface area contributed by atoms with Crippen LogP contribution in [0.1, 0.15) is 11.7 Å². The molecule has 0 saturated heterocycles. The van der Waals surface area contributed by atoms with Gasteiger partial charge in [-0.15, -0.1) is 0 Å². The maximum atomic E-state index is 6.72. The minimum Gasteiger partial charge on any atom is -0.238 e. The monoisotopic (exact) mass is 143 g/mol. The van der Waals surface area contributed by atoms with Crippen molar-refractivity contribution in [2.75, 3.05) is 0 Å². The largest absolute Gasteiger partial charge is 0.238 e. The lowest BCUT2D eigenvalue weighted by Crippen LogP contribution is -1.76. The van der Waals surface area contributed by atoms with Crippen LogP contribution in [0.25, 0.3) is 4.85 Å². The van der Waals surface area contributed by atoms with Crippen molar-refractivity contribution in [2.45, 2.75) is 6.17 Å². The van der Waals surface area contributed by atoms with Crippen molar-refractivity contribution in [1.82, 2.24) is 0 Å². The van der Waals surface area contributed by atoms with Gasteiger partial charge in [-0.2, -0.15) is 10.2 Å². The first-order valence-corrected chi connectivity index (χ1v) is 3.27. The lowest BCUT2D eigenvalue weighted by atomic mass is 10.2. The van der Waals surface area contributed by atoms with Crippen molar-refractivity contribution in [3.8, 4) is 0 Å². The molecule has 3 nitrogen and oxygen atoms in total. The first-order valence-electron chi connectivity index (χ1n) is 3.27. The third-order valence-electron chi connectivity index (χ3n) is 1.55. The maximum absolute atomic E-state index is 6.72. The van der Waals surface area contributed by atoms with Crippen LogP contribution in [0.3, 0.4) is 0 Å². The summed E-state index contributed by atoms with van der Waals surface area (Å²) in [6.07, 6.45) is 0.0507. The van der Waals surface area contributed by atoms with E-state index in [9.17, 15) is 0 Å². The molecule has 0 unspecified atom stereocenters. The lowest BCUT2D eigenvalue weighted by molar-refractivity contribution is 1.05. The quantitative estimate of drug-likeness (QED) is 0.541. The van der Waals surface area contributed by atoms with E-state index in [1.165, 1.54) is 0 Å². The van der Waals surface area contributed by atoms with Crippen LogP contribution in [0.2, 0.25) is 0 Å². The molecule has 1 aromatic rings. The van der Waals surface area contributed by atoms with Crippen LogP contribution >= 0.6 is 0 Å². The molecule has 11 heavy (non-hydrogen) atoms. The predicted molar refractivity (Wildman–Crippen MR) is 40.3 cm³/mol. The van der Waals surface area contributed by atoms with Crippen LogP contribution in [-0.2, 0) is 0 Å². The molecule has 0 saturated carbocycles. The van der Waals surface area contributed by atoms with Gasteiger partial charge in [-0.1, -0.05) is 24.3 Å². The SMILES string of the molecule is [C-]#[N+]c1ccc(C2N=N2)cc1. The topological polar surface area (TPSA) is 29.1 Å². The van der Waals surface area contributed by atoms with E-state index in [0.717, 1.165) is 5.56 Å². The van der Waals surface area contributed by atoms with Gasteiger partial charge in [0, 0.05) is 0 Å². The fraction of sp³-hybridized carbons (Fsp3) is 0.125. The molecule has 0 amide bonds. The Bertz CT molecular complexity index is 325. The Labute approximate surface area is 64.2 Å². The molecule has 0 fully saturated rings. The van der Waals surface area contributed by atoms with Gasteiger partial charge in [0.2, 0.25) is 6.17 Å². The Morgan fingerprint density at radius 2 is 1.82 bits per heavy atom. The summed E-state index contributed by atoms with van der Waals surface area (Å²) in [5, 5.41) is 7.55. The highest BCUT2D eigenvalue weighted by Gasteiger charge is 2.17. The standard InChI is InChI=1S/C8H5N3/c1-9-7-4-2-6(3-5-7)8-10-11-8/h2-5,8H. The molecule has 1 aliphatic rings. The lowest BCUT2D eigenvalue weighted by Gasteiger charge is -1.92. The van der Waals surface area contributed by atoms with E-state index in [2.05, 4.69) is 15.1 Å². The summed E-state index contributed by atoms with van der Waals surface area (Å²) >= 11 is 0. The van der Waals surface area contributed by atoms with Crippen molar-refractivity contribution >= 4 is 5.69 Å². The molecule has 0 atom stereocenters. The Hall–Kier alpha value is -1.69. The molecule has 52 valence electrons. The molecule has 0 N–H and O–H groups in total. The average molecular weight is 143 g/mol. The molecule has 0 radical (unpaired) electrons. The maximum Gasteiger partial charge on any atom is 0.205 e. The number of rotatable bonds is 1. The molecule has 2 rings (SSSR count). The molecular weight excluding hydrogens is 138 g/mol. The van der Waals surface area contributed by atoms with E-state index < -0.39 is 0 Å². The van der Waals surface area contributed by atoms with E-state index in [0.29, 0.717) is 5.69 Å². The molecule has 0 spiro atoms. The van der Waals surface area contributed by atoms with Crippen molar-refractivity contribution in [1.29, 1.82) is 0 Å². The highest BCUT2D eigenvalue weighted by atomic mass is 15.4. The molecule has 1 aliphatic heterocycles. The summed E-state index contributed by atoms with van der Waals surface area (Å²) in [4.78, 5) is 3.28. The van der Waals surface area contributed by atoms with Gasteiger partial charge in [-0.05, 0) is 5.56 Å². The van der Waals surface area contributed by atoms with Crippen LogP contribution in [-0.4, -0.2) is 0 Å². The van der Waals surface area contributed by atoms with Gasteiger partial charge in [-0.25, -0.2) is 4.85 Å². The van der Waals surface area contributed by atoms with Gasteiger partial charge in [0.25, 0.3) is 0 Å². The van der Waals surface area contributed by atoms with E-state index in [-0.39, 0.29) is 6.17 Å².